The van der Waals surface area contributed by atoms with Gasteiger partial charge >= 0.3 is 0 Å². The van der Waals surface area contributed by atoms with Crippen LogP contribution in [-0.4, -0.2) is 25.5 Å². The predicted molar refractivity (Wildman–Crippen MR) is 106 cm³/mol. The van der Waals surface area contributed by atoms with Gasteiger partial charge in [-0.1, -0.05) is 41.9 Å². The third-order valence-electron chi connectivity index (χ3n) is 4.53. The highest BCUT2D eigenvalue weighted by Gasteiger charge is 2.23. The van der Waals surface area contributed by atoms with Crippen molar-refractivity contribution in [1.29, 1.82) is 0 Å². The normalized spacial score (nSPS) is 14.3. The number of hydrogen-bond donors (Lipinski definition) is 2. The van der Waals surface area contributed by atoms with Crippen molar-refractivity contribution in [3.8, 4) is 0 Å². The maximum atomic E-state index is 12.7. The van der Waals surface area contributed by atoms with E-state index in [1.54, 1.807) is 11.8 Å². The molecule has 26 heavy (non-hydrogen) atoms. The molecule has 6 heteroatoms. The van der Waals surface area contributed by atoms with E-state index >= 15 is 0 Å². The van der Waals surface area contributed by atoms with Crippen LogP contribution in [-0.2, 0) is 5.75 Å². The molecular weight excluding hydrogens is 368 g/mol. The molecule has 2 heterocycles. The van der Waals surface area contributed by atoms with Gasteiger partial charge < -0.3 is 15.1 Å². The summed E-state index contributed by atoms with van der Waals surface area (Å²) in [4.78, 5) is 13.7. The second-order valence-corrected chi connectivity index (χ2v) is 7.78. The summed E-state index contributed by atoms with van der Waals surface area (Å²) < 4.78 is 5.89. The molecular formula is C20H19ClN2O2S. The number of amides is 1. The van der Waals surface area contributed by atoms with E-state index in [2.05, 4.69) is 10.6 Å². The molecule has 134 valence electrons. The maximum absolute atomic E-state index is 12.7. The number of carbonyl (C=O) groups excluding carboxylic acids is 1. The molecule has 1 aliphatic rings. The van der Waals surface area contributed by atoms with E-state index in [-0.39, 0.29) is 5.91 Å². The molecule has 1 amide bonds. The average Bonchev–Trinajstić information content (AvgIpc) is 2.98. The summed E-state index contributed by atoms with van der Waals surface area (Å²) in [5.41, 5.74) is 1.65. The number of nitrogens with one attached hydrogen (secondary N) is 2. The molecule has 1 aromatic heterocycles. The zero-order valence-electron chi connectivity index (χ0n) is 14.1. The number of furan rings is 1. The van der Waals surface area contributed by atoms with Gasteiger partial charge in [0.05, 0.1) is 5.02 Å². The van der Waals surface area contributed by atoms with E-state index in [4.69, 9.17) is 16.0 Å². The van der Waals surface area contributed by atoms with E-state index in [0.717, 1.165) is 34.5 Å². The molecule has 1 saturated heterocycles. The second-order valence-electron chi connectivity index (χ2n) is 6.36. The second kappa shape index (κ2) is 7.74. The Bertz CT molecular complexity index is 936. The van der Waals surface area contributed by atoms with Crippen molar-refractivity contribution in [3.63, 3.8) is 0 Å². The van der Waals surface area contributed by atoms with Gasteiger partial charge in [-0.05, 0) is 18.2 Å². The fourth-order valence-corrected chi connectivity index (χ4v) is 4.21. The lowest BCUT2D eigenvalue weighted by Gasteiger charge is -2.26. The zero-order valence-corrected chi connectivity index (χ0v) is 15.7. The minimum absolute atomic E-state index is 0.150. The van der Waals surface area contributed by atoms with Gasteiger partial charge in [-0.3, -0.25) is 4.79 Å². The topological polar surface area (TPSA) is 54.3 Å². The third-order valence-corrected chi connectivity index (χ3v) is 6.07. The zero-order chi connectivity index (χ0) is 17.9. The van der Waals surface area contributed by atoms with Crippen LogP contribution in [0.4, 0.5) is 0 Å². The van der Waals surface area contributed by atoms with Crippen molar-refractivity contribution in [2.75, 3.05) is 19.6 Å². The lowest BCUT2D eigenvalue weighted by Crippen LogP contribution is -2.48. The Hall–Kier alpha value is -1.95. The van der Waals surface area contributed by atoms with E-state index in [1.165, 1.54) is 0 Å². The fourth-order valence-electron chi connectivity index (χ4n) is 2.95. The Morgan fingerprint density at radius 2 is 1.96 bits per heavy atom. The first-order valence-corrected chi connectivity index (χ1v) is 9.95. The molecule has 0 aliphatic carbocycles. The largest absolute Gasteiger partial charge is 0.451 e. The summed E-state index contributed by atoms with van der Waals surface area (Å²) in [6.45, 7) is 2.57. The van der Waals surface area contributed by atoms with Gasteiger partial charge in [0.1, 0.15) is 5.58 Å². The Kier molecular flexibility index (Phi) is 5.20. The van der Waals surface area contributed by atoms with Crippen molar-refractivity contribution in [1.82, 2.24) is 10.6 Å². The molecule has 4 rings (SSSR count). The minimum Gasteiger partial charge on any atom is -0.451 e. The summed E-state index contributed by atoms with van der Waals surface area (Å²) in [5.74, 6) is 1.37. The number of benzene rings is 2. The highest BCUT2D eigenvalue weighted by Crippen LogP contribution is 2.34. The number of para-hydroxylation sites is 1. The van der Waals surface area contributed by atoms with Gasteiger partial charge in [0.15, 0.2) is 5.76 Å². The number of halogens is 1. The number of hydrogen-bond acceptors (Lipinski definition) is 4. The van der Waals surface area contributed by atoms with E-state index in [1.807, 2.05) is 48.5 Å². The van der Waals surface area contributed by atoms with Gasteiger partial charge in [-0.15, -0.1) is 11.8 Å². The molecule has 0 spiro atoms. The molecule has 0 saturated carbocycles. The Morgan fingerprint density at radius 1 is 1.19 bits per heavy atom. The maximum Gasteiger partial charge on any atom is 0.287 e. The van der Waals surface area contributed by atoms with Crippen molar-refractivity contribution in [2.24, 2.45) is 5.92 Å². The first kappa shape index (κ1) is 17.5. The van der Waals surface area contributed by atoms with E-state index < -0.39 is 0 Å². The fraction of sp³-hybridized carbons (Fsp3) is 0.250. The predicted octanol–water partition coefficient (Wildman–Crippen LogP) is 4.33. The molecule has 1 fully saturated rings. The van der Waals surface area contributed by atoms with Gasteiger partial charge in [-0.25, -0.2) is 0 Å². The molecule has 0 atom stereocenters. The first-order valence-electron chi connectivity index (χ1n) is 8.59. The Morgan fingerprint density at radius 3 is 2.73 bits per heavy atom. The lowest BCUT2D eigenvalue weighted by molar-refractivity contribution is 0.0915. The molecule has 0 unspecified atom stereocenters. The van der Waals surface area contributed by atoms with Crippen molar-refractivity contribution in [3.05, 3.63) is 64.9 Å². The van der Waals surface area contributed by atoms with Crippen LogP contribution in [0, 0.1) is 5.92 Å². The molecule has 1 aliphatic heterocycles. The van der Waals surface area contributed by atoms with Gasteiger partial charge in [0.25, 0.3) is 5.91 Å². The van der Waals surface area contributed by atoms with Gasteiger partial charge in [-0.2, -0.15) is 0 Å². The Balaban J connectivity index is 1.58. The highest BCUT2D eigenvalue weighted by molar-refractivity contribution is 7.98. The number of carbonyl (C=O) groups is 1. The van der Waals surface area contributed by atoms with E-state index in [9.17, 15) is 4.79 Å². The van der Waals surface area contributed by atoms with Crippen LogP contribution in [0.5, 0.6) is 0 Å². The van der Waals surface area contributed by atoms with Crippen molar-refractivity contribution >= 4 is 40.2 Å². The minimum atomic E-state index is -0.150. The molecule has 4 nitrogen and oxygen atoms in total. The van der Waals surface area contributed by atoms with Gasteiger partial charge in [0, 0.05) is 47.2 Å². The molecule has 2 N–H and O–H groups in total. The van der Waals surface area contributed by atoms with Crippen molar-refractivity contribution < 1.29 is 9.21 Å². The average molecular weight is 387 g/mol. The molecule has 2 aromatic carbocycles. The van der Waals surface area contributed by atoms with Crippen LogP contribution >= 0.6 is 23.4 Å². The van der Waals surface area contributed by atoms with Crippen LogP contribution in [0.15, 0.2) is 57.8 Å². The van der Waals surface area contributed by atoms with E-state index in [0.29, 0.717) is 29.0 Å². The first-order chi connectivity index (χ1) is 12.7. The lowest BCUT2D eigenvalue weighted by atomic mass is 10.0. The monoisotopic (exact) mass is 386 g/mol. The molecule has 3 aromatic rings. The summed E-state index contributed by atoms with van der Waals surface area (Å²) in [7, 11) is 0. The smallest absolute Gasteiger partial charge is 0.287 e. The number of thioether (sulfide) groups is 1. The summed E-state index contributed by atoms with van der Waals surface area (Å²) >= 11 is 7.87. The molecule has 0 bridgehead atoms. The third kappa shape index (κ3) is 3.61. The van der Waals surface area contributed by atoms with Gasteiger partial charge in [0.2, 0.25) is 0 Å². The van der Waals surface area contributed by atoms with Crippen LogP contribution < -0.4 is 10.6 Å². The Labute approximate surface area is 161 Å². The van der Waals surface area contributed by atoms with Crippen LogP contribution in [0.2, 0.25) is 5.02 Å². The summed E-state index contributed by atoms with van der Waals surface area (Å²) in [6, 6.07) is 15.5. The molecule has 0 radical (unpaired) electrons. The number of fused-ring (bicyclic) bond motifs is 1. The summed E-state index contributed by atoms with van der Waals surface area (Å²) in [6.07, 6.45) is 0. The van der Waals surface area contributed by atoms with Crippen LogP contribution in [0.1, 0.15) is 16.1 Å². The van der Waals surface area contributed by atoms with Crippen LogP contribution in [0.3, 0.4) is 0 Å². The van der Waals surface area contributed by atoms with Crippen molar-refractivity contribution in [2.45, 2.75) is 10.6 Å². The highest BCUT2D eigenvalue weighted by atomic mass is 35.5. The summed E-state index contributed by atoms with van der Waals surface area (Å²) in [5, 5.41) is 7.91. The van der Waals surface area contributed by atoms with Crippen LogP contribution in [0.25, 0.3) is 11.0 Å². The SMILES string of the molecule is O=C(NCC1CNC1)c1oc2ccccc2c1CSc1ccccc1Cl. The standard InChI is InChI=1S/C20H19ClN2O2S/c21-16-6-2-4-8-18(16)26-12-15-14-5-1-3-7-17(14)25-19(15)20(24)23-11-13-9-22-10-13/h1-8,13,22H,9-12H2,(H,23,24). The quantitative estimate of drug-likeness (QED) is 0.619. The number of rotatable bonds is 6.